The molecule has 0 aromatic carbocycles. The zero-order valence-corrected chi connectivity index (χ0v) is 16.4. The first-order valence-corrected chi connectivity index (χ1v) is 7.68. The van der Waals surface area contributed by atoms with Gasteiger partial charge < -0.3 is 15.4 Å². The molecule has 0 spiro atoms. The number of rotatable bonds is 8. The SMILES string of the molecule is CCOc1ncccc1CNC(=NC)NCCCC(C)C.I. The number of guanidine groups is 1. The van der Waals surface area contributed by atoms with Crippen molar-refractivity contribution in [2.45, 2.75) is 40.2 Å². The molecule has 0 aliphatic heterocycles. The van der Waals surface area contributed by atoms with Crippen LogP contribution in [-0.2, 0) is 6.54 Å². The van der Waals surface area contributed by atoms with Crippen LogP contribution >= 0.6 is 24.0 Å². The second kappa shape index (κ2) is 12.5. The van der Waals surface area contributed by atoms with E-state index in [2.05, 4.69) is 34.5 Å². The molecule has 5 nitrogen and oxygen atoms in total. The summed E-state index contributed by atoms with van der Waals surface area (Å²) >= 11 is 0. The van der Waals surface area contributed by atoms with E-state index in [9.17, 15) is 0 Å². The molecule has 0 aliphatic rings. The number of hydrogen-bond acceptors (Lipinski definition) is 3. The van der Waals surface area contributed by atoms with Gasteiger partial charge >= 0.3 is 0 Å². The van der Waals surface area contributed by atoms with Crippen LogP contribution in [0.5, 0.6) is 5.88 Å². The first-order valence-electron chi connectivity index (χ1n) is 7.68. The maximum Gasteiger partial charge on any atom is 0.218 e. The third-order valence-corrected chi connectivity index (χ3v) is 3.05. The van der Waals surface area contributed by atoms with Crippen molar-refractivity contribution in [3.05, 3.63) is 23.9 Å². The molecule has 0 aliphatic carbocycles. The molecular formula is C16H29IN4O. The Morgan fingerprint density at radius 3 is 2.77 bits per heavy atom. The van der Waals surface area contributed by atoms with E-state index >= 15 is 0 Å². The van der Waals surface area contributed by atoms with Gasteiger partial charge in [-0.3, -0.25) is 4.99 Å². The summed E-state index contributed by atoms with van der Waals surface area (Å²) in [7, 11) is 1.78. The number of halogens is 1. The lowest BCUT2D eigenvalue weighted by molar-refractivity contribution is 0.322. The first-order chi connectivity index (χ1) is 10.2. The van der Waals surface area contributed by atoms with Crippen molar-refractivity contribution in [3.8, 4) is 5.88 Å². The van der Waals surface area contributed by atoms with Gasteiger partial charge in [-0.1, -0.05) is 19.9 Å². The van der Waals surface area contributed by atoms with Crippen molar-refractivity contribution in [2.24, 2.45) is 10.9 Å². The summed E-state index contributed by atoms with van der Waals surface area (Å²) in [5, 5.41) is 6.62. The van der Waals surface area contributed by atoms with Gasteiger partial charge in [0.15, 0.2) is 5.96 Å². The highest BCUT2D eigenvalue weighted by Crippen LogP contribution is 2.13. The lowest BCUT2D eigenvalue weighted by Crippen LogP contribution is -2.37. The topological polar surface area (TPSA) is 58.5 Å². The Hall–Kier alpha value is -1.05. The summed E-state index contributed by atoms with van der Waals surface area (Å²) in [6, 6.07) is 3.93. The zero-order valence-electron chi connectivity index (χ0n) is 14.1. The summed E-state index contributed by atoms with van der Waals surface area (Å²) < 4.78 is 5.52. The van der Waals surface area contributed by atoms with E-state index in [4.69, 9.17) is 4.74 Å². The Kier molecular flexibility index (Phi) is 11.9. The van der Waals surface area contributed by atoms with Crippen LogP contribution in [0.15, 0.2) is 23.3 Å². The van der Waals surface area contributed by atoms with Crippen LogP contribution in [0.2, 0.25) is 0 Å². The third-order valence-electron chi connectivity index (χ3n) is 3.05. The molecule has 0 unspecified atom stereocenters. The molecule has 0 radical (unpaired) electrons. The Morgan fingerprint density at radius 1 is 1.36 bits per heavy atom. The van der Waals surface area contributed by atoms with Crippen LogP contribution in [0.4, 0.5) is 0 Å². The number of aromatic nitrogens is 1. The fraction of sp³-hybridized carbons (Fsp3) is 0.625. The van der Waals surface area contributed by atoms with E-state index in [0.29, 0.717) is 19.0 Å². The van der Waals surface area contributed by atoms with Crippen LogP contribution in [0.25, 0.3) is 0 Å². The maximum absolute atomic E-state index is 5.52. The van der Waals surface area contributed by atoms with Crippen LogP contribution < -0.4 is 15.4 Å². The molecular weight excluding hydrogens is 391 g/mol. The molecule has 6 heteroatoms. The molecule has 0 bridgehead atoms. The summed E-state index contributed by atoms with van der Waals surface area (Å²) in [5.74, 6) is 2.23. The minimum absolute atomic E-state index is 0. The molecule has 1 aromatic heterocycles. The van der Waals surface area contributed by atoms with Gasteiger partial charge in [-0.15, -0.1) is 24.0 Å². The Labute approximate surface area is 151 Å². The normalized spacial score (nSPS) is 11.0. The molecule has 0 fully saturated rings. The monoisotopic (exact) mass is 420 g/mol. The van der Waals surface area contributed by atoms with Gasteiger partial charge in [-0.25, -0.2) is 4.98 Å². The van der Waals surface area contributed by atoms with E-state index in [1.807, 2.05) is 19.1 Å². The molecule has 2 N–H and O–H groups in total. The van der Waals surface area contributed by atoms with E-state index in [0.717, 1.165) is 30.4 Å². The van der Waals surface area contributed by atoms with Gasteiger partial charge in [-0.05, 0) is 31.7 Å². The predicted molar refractivity (Wildman–Crippen MR) is 103 cm³/mol. The van der Waals surface area contributed by atoms with Gasteiger partial charge in [0.2, 0.25) is 5.88 Å². The Balaban J connectivity index is 0.00000441. The molecule has 1 heterocycles. The number of pyridine rings is 1. The van der Waals surface area contributed by atoms with Crippen molar-refractivity contribution < 1.29 is 4.74 Å². The maximum atomic E-state index is 5.52. The molecule has 126 valence electrons. The molecule has 0 amide bonds. The zero-order chi connectivity index (χ0) is 15.5. The van der Waals surface area contributed by atoms with Crippen molar-refractivity contribution in [1.82, 2.24) is 15.6 Å². The lowest BCUT2D eigenvalue weighted by atomic mass is 10.1. The van der Waals surface area contributed by atoms with E-state index in [1.165, 1.54) is 6.42 Å². The molecule has 0 saturated heterocycles. The molecule has 1 rings (SSSR count). The Morgan fingerprint density at radius 2 is 2.14 bits per heavy atom. The standard InChI is InChI=1S/C16H28N4O.HI/c1-5-21-15-14(9-7-10-18-15)12-20-16(17-4)19-11-6-8-13(2)3;/h7,9-10,13H,5-6,8,11-12H2,1-4H3,(H2,17,19,20);1H. The molecule has 0 atom stereocenters. The van der Waals surface area contributed by atoms with Gasteiger partial charge in [-0.2, -0.15) is 0 Å². The molecule has 0 saturated carbocycles. The number of nitrogens with one attached hydrogen (secondary N) is 2. The van der Waals surface area contributed by atoms with Crippen LogP contribution in [0.3, 0.4) is 0 Å². The molecule has 1 aromatic rings. The van der Waals surface area contributed by atoms with Crippen molar-refractivity contribution in [3.63, 3.8) is 0 Å². The number of aliphatic imine (C=N–C) groups is 1. The van der Waals surface area contributed by atoms with Crippen molar-refractivity contribution >= 4 is 29.9 Å². The highest BCUT2D eigenvalue weighted by molar-refractivity contribution is 14.0. The minimum atomic E-state index is 0. The second-order valence-corrected chi connectivity index (χ2v) is 5.29. The average Bonchev–Trinajstić information content (AvgIpc) is 2.48. The van der Waals surface area contributed by atoms with Crippen LogP contribution in [0.1, 0.15) is 39.2 Å². The van der Waals surface area contributed by atoms with Crippen molar-refractivity contribution in [2.75, 3.05) is 20.2 Å². The predicted octanol–water partition coefficient (Wildman–Crippen LogP) is 3.20. The fourth-order valence-electron chi connectivity index (χ4n) is 1.94. The van der Waals surface area contributed by atoms with Gasteiger partial charge in [0.05, 0.1) is 6.61 Å². The fourth-order valence-corrected chi connectivity index (χ4v) is 1.94. The van der Waals surface area contributed by atoms with Gasteiger partial charge in [0.25, 0.3) is 0 Å². The smallest absolute Gasteiger partial charge is 0.218 e. The van der Waals surface area contributed by atoms with Crippen molar-refractivity contribution in [1.29, 1.82) is 0 Å². The first kappa shape index (κ1) is 20.9. The summed E-state index contributed by atoms with van der Waals surface area (Å²) in [4.78, 5) is 8.47. The minimum Gasteiger partial charge on any atom is -0.478 e. The van der Waals surface area contributed by atoms with Gasteiger partial charge in [0, 0.05) is 31.9 Å². The van der Waals surface area contributed by atoms with Crippen LogP contribution in [-0.4, -0.2) is 31.1 Å². The molecule has 22 heavy (non-hydrogen) atoms. The average molecular weight is 420 g/mol. The largest absolute Gasteiger partial charge is 0.478 e. The summed E-state index contributed by atoms with van der Waals surface area (Å²) in [5.41, 5.74) is 1.03. The number of nitrogens with zero attached hydrogens (tertiary/aromatic N) is 2. The van der Waals surface area contributed by atoms with Crippen LogP contribution in [0, 0.1) is 5.92 Å². The second-order valence-electron chi connectivity index (χ2n) is 5.29. The van der Waals surface area contributed by atoms with Gasteiger partial charge in [0.1, 0.15) is 0 Å². The Bertz CT molecular complexity index is 438. The number of hydrogen-bond donors (Lipinski definition) is 2. The summed E-state index contributed by atoms with van der Waals surface area (Å²) in [6.45, 7) is 8.64. The summed E-state index contributed by atoms with van der Waals surface area (Å²) in [6.07, 6.45) is 4.12. The highest BCUT2D eigenvalue weighted by Gasteiger charge is 2.05. The quantitative estimate of drug-likeness (QED) is 0.294. The lowest BCUT2D eigenvalue weighted by Gasteiger charge is -2.14. The van der Waals surface area contributed by atoms with E-state index in [1.54, 1.807) is 13.2 Å². The van der Waals surface area contributed by atoms with E-state index < -0.39 is 0 Å². The third kappa shape index (κ3) is 8.41. The van der Waals surface area contributed by atoms with E-state index in [-0.39, 0.29) is 24.0 Å². The number of ether oxygens (including phenoxy) is 1. The highest BCUT2D eigenvalue weighted by atomic mass is 127.